The second kappa shape index (κ2) is 5.84. The zero-order valence-electron chi connectivity index (χ0n) is 11.2. The third kappa shape index (κ3) is 3.23. The van der Waals surface area contributed by atoms with E-state index in [1.807, 2.05) is 24.3 Å². The molecule has 0 bridgehead atoms. The van der Waals surface area contributed by atoms with Gasteiger partial charge < -0.3 is 10.6 Å². The number of carbonyl (C=O) groups is 1. The summed E-state index contributed by atoms with van der Waals surface area (Å²) in [4.78, 5) is 12.3. The Morgan fingerprint density at radius 3 is 2.76 bits per heavy atom. The molecule has 3 rings (SSSR count). The maximum absolute atomic E-state index is 13.3. The SMILES string of the molecule is O=C(Nc1cc(F)cc(Cl)c1)[C@@H]1Cc2ccccc2CN1. The predicted molar refractivity (Wildman–Crippen MR) is 80.8 cm³/mol. The van der Waals surface area contributed by atoms with E-state index in [4.69, 9.17) is 11.6 Å². The van der Waals surface area contributed by atoms with Crippen molar-refractivity contribution in [3.05, 3.63) is 64.4 Å². The number of carbonyl (C=O) groups excluding carboxylic acids is 1. The summed E-state index contributed by atoms with van der Waals surface area (Å²) in [5.74, 6) is -0.661. The predicted octanol–water partition coefficient (Wildman–Crippen LogP) is 3.13. The number of nitrogens with one attached hydrogen (secondary N) is 2. The van der Waals surface area contributed by atoms with E-state index in [1.54, 1.807) is 0 Å². The second-order valence-corrected chi connectivity index (χ2v) is 5.49. The number of amides is 1. The Bertz CT molecular complexity index is 669. The van der Waals surface area contributed by atoms with E-state index >= 15 is 0 Å². The molecule has 1 amide bonds. The van der Waals surface area contributed by atoms with E-state index in [9.17, 15) is 9.18 Å². The first-order valence-corrected chi connectivity index (χ1v) is 7.07. The van der Waals surface area contributed by atoms with Crippen molar-refractivity contribution < 1.29 is 9.18 Å². The van der Waals surface area contributed by atoms with Crippen molar-refractivity contribution in [1.82, 2.24) is 5.32 Å². The van der Waals surface area contributed by atoms with Gasteiger partial charge in [-0.1, -0.05) is 35.9 Å². The molecule has 3 nitrogen and oxygen atoms in total. The van der Waals surface area contributed by atoms with Gasteiger partial charge in [0.2, 0.25) is 5.91 Å². The highest BCUT2D eigenvalue weighted by Crippen LogP contribution is 2.20. The molecule has 5 heteroatoms. The van der Waals surface area contributed by atoms with Gasteiger partial charge in [-0.2, -0.15) is 0 Å². The monoisotopic (exact) mass is 304 g/mol. The van der Waals surface area contributed by atoms with Crippen molar-refractivity contribution in [3.8, 4) is 0 Å². The Hall–Kier alpha value is -1.91. The van der Waals surface area contributed by atoms with Crippen LogP contribution in [0.15, 0.2) is 42.5 Å². The van der Waals surface area contributed by atoms with Crippen LogP contribution >= 0.6 is 11.6 Å². The lowest BCUT2D eigenvalue weighted by Crippen LogP contribution is -2.44. The fraction of sp³-hybridized carbons (Fsp3) is 0.188. The third-order valence-corrected chi connectivity index (χ3v) is 3.75. The number of fused-ring (bicyclic) bond motifs is 1. The summed E-state index contributed by atoms with van der Waals surface area (Å²) >= 11 is 5.78. The van der Waals surface area contributed by atoms with Crippen LogP contribution < -0.4 is 10.6 Å². The molecule has 0 aromatic heterocycles. The molecule has 1 heterocycles. The Morgan fingerprint density at radius 2 is 2.00 bits per heavy atom. The summed E-state index contributed by atoms with van der Waals surface area (Å²) in [5, 5.41) is 6.14. The average Bonchev–Trinajstić information content (AvgIpc) is 2.45. The standard InChI is InChI=1S/C16H14ClFN2O/c17-12-6-13(18)8-14(7-12)20-16(21)15-5-10-3-1-2-4-11(10)9-19-15/h1-4,6-8,15,19H,5,9H2,(H,20,21)/t15-/m0/s1. The van der Waals surface area contributed by atoms with Gasteiger partial charge in [0.05, 0.1) is 6.04 Å². The maximum Gasteiger partial charge on any atom is 0.241 e. The first-order valence-electron chi connectivity index (χ1n) is 6.69. The number of rotatable bonds is 2. The molecule has 108 valence electrons. The van der Waals surface area contributed by atoms with Crippen molar-refractivity contribution in [3.63, 3.8) is 0 Å². The minimum absolute atomic E-state index is 0.189. The molecule has 0 fully saturated rings. The summed E-state index contributed by atoms with van der Waals surface area (Å²) < 4.78 is 13.3. The lowest BCUT2D eigenvalue weighted by Gasteiger charge is -2.25. The molecule has 0 saturated heterocycles. The van der Waals surface area contributed by atoms with E-state index in [1.165, 1.54) is 23.8 Å². The molecule has 21 heavy (non-hydrogen) atoms. The van der Waals surface area contributed by atoms with Gasteiger partial charge in [0.1, 0.15) is 5.82 Å². The van der Waals surface area contributed by atoms with Crippen LogP contribution in [0.5, 0.6) is 0 Å². The molecule has 2 aromatic rings. The van der Waals surface area contributed by atoms with Crippen molar-refractivity contribution >= 4 is 23.2 Å². The number of hydrogen-bond donors (Lipinski definition) is 2. The molecule has 2 aromatic carbocycles. The average molecular weight is 305 g/mol. The molecular formula is C16H14ClFN2O. The molecule has 0 unspecified atom stereocenters. The van der Waals surface area contributed by atoms with Crippen LogP contribution in [0.2, 0.25) is 5.02 Å². The van der Waals surface area contributed by atoms with Crippen LogP contribution in [0.3, 0.4) is 0 Å². The first-order chi connectivity index (χ1) is 10.1. The quantitative estimate of drug-likeness (QED) is 0.895. The summed E-state index contributed by atoms with van der Waals surface area (Å²) in [6.45, 7) is 0.651. The maximum atomic E-state index is 13.3. The van der Waals surface area contributed by atoms with Crippen molar-refractivity contribution in [2.75, 3.05) is 5.32 Å². The molecule has 0 aliphatic carbocycles. The number of anilines is 1. The minimum atomic E-state index is -0.472. The Labute approximate surface area is 127 Å². The number of benzene rings is 2. The van der Waals surface area contributed by atoms with E-state index in [0.29, 0.717) is 18.7 Å². The van der Waals surface area contributed by atoms with Crippen LogP contribution in [0.25, 0.3) is 0 Å². The normalized spacial score (nSPS) is 17.1. The molecule has 2 N–H and O–H groups in total. The molecular weight excluding hydrogens is 291 g/mol. The Kier molecular flexibility index (Phi) is 3.90. The molecule has 0 saturated carbocycles. The number of halogens is 2. The summed E-state index contributed by atoms with van der Waals surface area (Å²) in [7, 11) is 0. The van der Waals surface area contributed by atoms with Gasteiger partial charge in [-0.25, -0.2) is 4.39 Å². The Balaban J connectivity index is 1.72. The van der Waals surface area contributed by atoms with Gasteiger partial charge >= 0.3 is 0 Å². The highest BCUT2D eigenvalue weighted by atomic mass is 35.5. The number of hydrogen-bond acceptors (Lipinski definition) is 2. The lowest BCUT2D eigenvalue weighted by molar-refractivity contribution is -0.118. The van der Waals surface area contributed by atoms with Gasteiger partial charge in [0.15, 0.2) is 0 Å². The van der Waals surface area contributed by atoms with Gasteiger partial charge in [-0.05, 0) is 35.7 Å². The van der Waals surface area contributed by atoms with E-state index < -0.39 is 5.82 Å². The Morgan fingerprint density at radius 1 is 1.24 bits per heavy atom. The smallest absolute Gasteiger partial charge is 0.241 e. The molecule has 1 atom stereocenters. The molecule has 1 aliphatic rings. The van der Waals surface area contributed by atoms with Crippen LogP contribution in [-0.2, 0) is 17.8 Å². The fourth-order valence-electron chi connectivity index (χ4n) is 2.50. The summed E-state index contributed by atoms with van der Waals surface area (Å²) in [5.41, 5.74) is 2.73. The van der Waals surface area contributed by atoms with Crippen LogP contribution in [-0.4, -0.2) is 11.9 Å². The highest BCUT2D eigenvalue weighted by Gasteiger charge is 2.23. The zero-order chi connectivity index (χ0) is 14.8. The third-order valence-electron chi connectivity index (χ3n) is 3.53. The molecule has 0 spiro atoms. The van der Waals surface area contributed by atoms with Gasteiger partial charge in [0, 0.05) is 17.3 Å². The summed E-state index contributed by atoms with van der Waals surface area (Å²) in [6.07, 6.45) is 0.616. The first kappa shape index (κ1) is 14.0. The van der Waals surface area contributed by atoms with E-state index in [0.717, 1.165) is 5.56 Å². The van der Waals surface area contributed by atoms with Crippen LogP contribution in [0.4, 0.5) is 10.1 Å². The van der Waals surface area contributed by atoms with Gasteiger partial charge in [-0.15, -0.1) is 0 Å². The zero-order valence-corrected chi connectivity index (χ0v) is 12.0. The highest BCUT2D eigenvalue weighted by molar-refractivity contribution is 6.30. The fourth-order valence-corrected chi connectivity index (χ4v) is 2.72. The van der Waals surface area contributed by atoms with Crippen LogP contribution in [0, 0.1) is 5.82 Å². The largest absolute Gasteiger partial charge is 0.325 e. The lowest BCUT2D eigenvalue weighted by atomic mass is 9.95. The van der Waals surface area contributed by atoms with E-state index in [-0.39, 0.29) is 17.0 Å². The van der Waals surface area contributed by atoms with Crippen molar-refractivity contribution in [2.24, 2.45) is 0 Å². The van der Waals surface area contributed by atoms with Gasteiger partial charge in [0.25, 0.3) is 0 Å². The second-order valence-electron chi connectivity index (χ2n) is 5.05. The van der Waals surface area contributed by atoms with Crippen molar-refractivity contribution in [2.45, 2.75) is 19.0 Å². The minimum Gasteiger partial charge on any atom is -0.325 e. The molecule has 0 radical (unpaired) electrons. The van der Waals surface area contributed by atoms with Gasteiger partial charge in [-0.3, -0.25) is 4.79 Å². The summed E-state index contributed by atoms with van der Waals surface area (Å²) in [6, 6.07) is 11.7. The molecule has 1 aliphatic heterocycles. The van der Waals surface area contributed by atoms with Crippen molar-refractivity contribution in [1.29, 1.82) is 0 Å². The topological polar surface area (TPSA) is 41.1 Å². The van der Waals surface area contributed by atoms with E-state index in [2.05, 4.69) is 10.6 Å². The van der Waals surface area contributed by atoms with Crippen LogP contribution in [0.1, 0.15) is 11.1 Å².